The van der Waals surface area contributed by atoms with Gasteiger partial charge in [-0.2, -0.15) is 0 Å². The summed E-state index contributed by atoms with van der Waals surface area (Å²) in [5, 5.41) is 10.1. The third-order valence-electron chi connectivity index (χ3n) is 5.32. The van der Waals surface area contributed by atoms with Crippen molar-refractivity contribution in [2.24, 2.45) is 0 Å². The second-order valence-corrected chi connectivity index (χ2v) is 7.23. The molecule has 2 N–H and O–H groups in total. The number of para-hydroxylation sites is 1. The molecule has 148 valence electrons. The summed E-state index contributed by atoms with van der Waals surface area (Å²) in [7, 11) is 0. The van der Waals surface area contributed by atoms with E-state index in [9.17, 15) is 19.5 Å². The third-order valence-corrected chi connectivity index (χ3v) is 5.32. The third kappa shape index (κ3) is 3.89. The largest absolute Gasteiger partial charge is 0.480 e. The topological polar surface area (TPSA) is 103 Å². The van der Waals surface area contributed by atoms with Gasteiger partial charge in [0.1, 0.15) is 11.9 Å². The number of nitrogens with zero attached hydrogens (tertiary/aromatic N) is 2. The monoisotopic (exact) mass is 391 g/mol. The van der Waals surface area contributed by atoms with E-state index in [1.807, 2.05) is 30.3 Å². The van der Waals surface area contributed by atoms with Crippen LogP contribution < -0.4 is 5.56 Å². The van der Waals surface area contributed by atoms with E-state index < -0.39 is 12.0 Å². The first-order valence-corrected chi connectivity index (χ1v) is 9.60. The molecule has 1 aliphatic rings. The summed E-state index contributed by atoms with van der Waals surface area (Å²) in [6.45, 7) is 0.303. The Hall–Kier alpha value is -3.48. The SMILES string of the molecule is O=C(O)C1Cc2ccccc2CN1C(=O)CCCc1nc2ccccc2c(=O)[nH]1. The first-order chi connectivity index (χ1) is 14.0. The fourth-order valence-corrected chi connectivity index (χ4v) is 3.81. The Morgan fingerprint density at radius 2 is 1.83 bits per heavy atom. The molecule has 0 bridgehead atoms. The van der Waals surface area contributed by atoms with Crippen LogP contribution in [-0.4, -0.2) is 37.9 Å². The zero-order valence-corrected chi connectivity index (χ0v) is 15.8. The maximum Gasteiger partial charge on any atom is 0.326 e. The highest BCUT2D eigenvalue weighted by Gasteiger charge is 2.34. The minimum atomic E-state index is -0.992. The lowest BCUT2D eigenvalue weighted by Gasteiger charge is -2.34. The van der Waals surface area contributed by atoms with E-state index in [2.05, 4.69) is 9.97 Å². The quantitative estimate of drug-likeness (QED) is 0.695. The Bertz CT molecular complexity index is 1140. The molecule has 0 aliphatic carbocycles. The van der Waals surface area contributed by atoms with E-state index in [1.165, 1.54) is 4.90 Å². The van der Waals surface area contributed by atoms with Crippen molar-refractivity contribution in [3.63, 3.8) is 0 Å². The molecule has 1 amide bonds. The van der Waals surface area contributed by atoms with Gasteiger partial charge in [0.25, 0.3) is 5.56 Å². The maximum absolute atomic E-state index is 12.8. The van der Waals surface area contributed by atoms with E-state index in [1.54, 1.807) is 18.2 Å². The number of fused-ring (bicyclic) bond motifs is 2. The lowest BCUT2D eigenvalue weighted by Crippen LogP contribution is -2.48. The summed E-state index contributed by atoms with van der Waals surface area (Å²) >= 11 is 0. The first kappa shape index (κ1) is 18.9. The highest BCUT2D eigenvalue weighted by molar-refractivity contribution is 5.84. The number of aromatic nitrogens is 2. The molecular formula is C22H21N3O4. The van der Waals surface area contributed by atoms with Gasteiger partial charge in [-0.25, -0.2) is 9.78 Å². The molecular weight excluding hydrogens is 370 g/mol. The van der Waals surface area contributed by atoms with Crippen molar-refractivity contribution in [3.05, 3.63) is 75.8 Å². The number of carboxylic acids is 1. The molecule has 7 nitrogen and oxygen atoms in total. The van der Waals surface area contributed by atoms with Crippen molar-refractivity contribution in [2.75, 3.05) is 0 Å². The van der Waals surface area contributed by atoms with Crippen LogP contribution >= 0.6 is 0 Å². The van der Waals surface area contributed by atoms with Gasteiger partial charge in [-0.15, -0.1) is 0 Å². The first-order valence-electron chi connectivity index (χ1n) is 9.60. The highest BCUT2D eigenvalue weighted by Crippen LogP contribution is 2.24. The van der Waals surface area contributed by atoms with E-state index in [-0.39, 0.29) is 17.9 Å². The van der Waals surface area contributed by atoms with Gasteiger partial charge in [-0.05, 0) is 29.7 Å². The lowest BCUT2D eigenvalue weighted by atomic mass is 9.93. The van der Waals surface area contributed by atoms with E-state index in [0.29, 0.717) is 42.5 Å². The van der Waals surface area contributed by atoms with Crippen LogP contribution in [0.5, 0.6) is 0 Å². The molecule has 1 unspecified atom stereocenters. The summed E-state index contributed by atoms with van der Waals surface area (Å²) in [4.78, 5) is 45.2. The van der Waals surface area contributed by atoms with Gasteiger partial charge in [-0.1, -0.05) is 36.4 Å². The highest BCUT2D eigenvalue weighted by atomic mass is 16.4. The van der Waals surface area contributed by atoms with Gasteiger partial charge < -0.3 is 15.0 Å². The van der Waals surface area contributed by atoms with Gasteiger partial charge in [0.05, 0.1) is 10.9 Å². The second kappa shape index (κ2) is 7.87. The van der Waals surface area contributed by atoms with Crippen LogP contribution in [0.25, 0.3) is 10.9 Å². The fraction of sp³-hybridized carbons (Fsp3) is 0.273. The van der Waals surface area contributed by atoms with Crippen LogP contribution in [-0.2, 0) is 29.0 Å². The zero-order chi connectivity index (χ0) is 20.4. The number of H-pyrrole nitrogens is 1. The number of carbonyl (C=O) groups is 2. The standard InChI is InChI=1S/C22H21N3O4/c26-20(25-13-15-7-2-1-6-14(15)12-18(25)22(28)29)11-5-10-19-23-17-9-4-3-8-16(17)21(27)24-19/h1-4,6-9,18H,5,10-13H2,(H,28,29)(H,23,24,27). The Kier molecular flexibility index (Phi) is 5.12. The normalized spacial score (nSPS) is 15.9. The van der Waals surface area contributed by atoms with Crippen LogP contribution in [0.3, 0.4) is 0 Å². The van der Waals surface area contributed by atoms with Crippen LogP contribution in [0.2, 0.25) is 0 Å². The van der Waals surface area contributed by atoms with Crippen LogP contribution in [0.4, 0.5) is 0 Å². The Labute approximate surface area is 167 Å². The van der Waals surface area contributed by atoms with E-state index >= 15 is 0 Å². The number of nitrogens with one attached hydrogen (secondary N) is 1. The predicted octanol–water partition coefficient (Wildman–Crippen LogP) is 2.28. The van der Waals surface area contributed by atoms with Gasteiger partial charge in [0.2, 0.25) is 5.91 Å². The molecule has 4 rings (SSSR count). The number of hydrogen-bond acceptors (Lipinski definition) is 4. The number of benzene rings is 2. The summed E-state index contributed by atoms with van der Waals surface area (Å²) in [5.41, 5.74) is 2.38. The number of aromatic amines is 1. The molecule has 0 saturated carbocycles. The average Bonchev–Trinajstić information content (AvgIpc) is 2.72. The number of amides is 1. The summed E-state index contributed by atoms with van der Waals surface area (Å²) in [5.74, 6) is -0.663. The summed E-state index contributed by atoms with van der Waals surface area (Å²) in [6.07, 6.45) is 1.43. The van der Waals surface area contributed by atoms with Gasteiger partial charge >= 0.3 is 5.97 Å². The number of aryl methyl sites for hydroxylation is 1. The van der Waals surface area contributed by atoms with Gasteiger partial charge in [0.15, 0.2) is 0 Å². The molecule has 29 heavy (non-hydrogen) atoms. The molecule has 0 saturated heterocycles. The lowest BCUT2D eigenvalue weighted by molar-refractivity contribution is -0.151. The Balaban J connectivity index is 1.44. The molecule has 7 heteroatoms. The molecule has 2 aromatic carbocycles. The molecule has 0 fully saturated rings. The molecule has 1 aliphatic heterocycles. The second-order valence-electron chi connectivity index (χ2n) is 7.23. The van der Waals surface area contributed by atoms with Crippen molar-refractivity contribution in [1.29, 1.82) is 0 Å². The molecule has 3 aromatic rings. The number of aliphatic carboxylic acids is 1. The Morgan fingerprint density at radius 3 is 2.62 bits per heavy atom. The number of carbonyl (C=O) groups excluding carboxylic acids is 1. The van der Waals surface area contributed by atoms with Crippen LogP contribution in [0.15, 0.2) is 53.3 Å². The minimum Gasteiger partial charge on any atom is -0.480 e. The fourth-order valence-electron chi connectivity index (χ4n) is 3.81. The van der Waals surface area contributed by atoms with Crippen LogP contribution in [0, 0.1) is 0 Å². The predicted molar refractivity (Wildman–Crippen MR) is 107 cm³/mol. The zero-order valence-electron chi connectivity index (χ0n) is 15.8. The summed E-state index contributed by atoms with van der Waals surface area (Å²) < 4.78 is 0. The van der Waals surface area contributed by atoms with Crippen molar-refractivity contribution >= 4 is 22.8 Å². The van der Waals surface area contributed by atoms with Crippen molar-refractivity contribution < 1.29 is 14.7 Å². The molecule has 2 heterocycles. The number of carboxylic acid groups (broad SMARTS) is 1. The number of rotatable bonds is 5. The van der Waals surface area contributed by atoms with Gasteiger partial charge in [-0.3, -0.25) is 9.59 Å². The average molecular weight is 391 g/mol. The van der Waals surface area contributed by atoms with Crippen molar-refractivity contribution in [1.82, 2.24) is 14.9 Å². The van der Waals surface area contributed by atoms with Crippen molar-refractivity contribution in [2.45, 2.75) is 38.3 Å². The maximum atomic E-state index is 12.8. The Morgan fingerprint density at radius 1 is 1.10 bits per heavy atom. The van der Waals surface area contributed by atoms with Crippen molar-refractivity contribution in [3.8, 4) is 0 Å². The van der Waals surface area contributed by atoms with E-state index in [0.717, 1.165) is 11.1 Å². The smallest absolute Gasteiger partial charge is 0.326 e. The number of hydrogen-bond donors (Lipinski definition) is 2. The molecule has 0 spiro atoms. The molecule has 1 atom stereocenters. The van der Waals surface area contributed by atoms with Crippen LogP contribution in [0.1, 0.15) is 29.8 Å². The molecule has 1 aromatic heterocycles. The molecule has 0 radical (unpaired) electrons. The summed E-state index contributed by atoms with van der Waals surface area (Å²) in [6, 6.07) is 13.9. The van der Waals surface area contributed by atoms with E-state index in [4.69, 9.17) is 0 Å². The minimum absolute atomic E-state index is 0.197. The van der Waals surface area contributed by atoms with Gasteiger partial charge in [0, 0.05) is 25.8 Å².